The number of hydrogen-bond acceptors (Lipinski definition) is 6. The maximum Gasteiger partial charge on any atom is 0.472 e. The van der Waals surface area contributed by atoms with Gasteiger partial charge in [0.1, 0.15) is 25.9 Å². The van der Waals surface area contributed by atoms with Crippen LogP contribution in [0.2, 0.25) is 0 Å². The number of phosphoric acid groups is 1. The molecule has 0 heterocycles. The van der Waals surface area contributed by atoms with Gasteiger partial charge in [-0.2, -0.15) is 0 Å². The van der Waals surface area contributed by atoms with Gasteiger partial charge < -0.3 is 24.3 Å². The second kappa shape index (κ2) is 22.3. The summed E-state index contributed by atoms with van der Waals surface area (Å²) in [7, 11) is 1.52. The highest BCUT2D eigenvalue weighted by atomic mass is 31.2. The molecule has 8 nitrogen and oxygen atoms in total. The zero-order valence-electron chi connectivity index (χ0n) is 23.3. The Morgan fingerprint density at radius 3 is 2.03 bits per heavy atom. The molecular formula is C28H51NO7P+. The Morgan fingerprint density at radius 2 is 1.41 bits per heavy atom. The molecule has 0 fully saturated rings. The number of rotatable bonds is 23. The lowest BCUT2D eigenvalue weighted by Crippen LogP contribution is -2.37. The third kappa shape index (κ3) is 27.2. The molecule has 0 amide bonds. The van der Waals surface area contributed by atoms with E-state index in [9.17, 15) is 19.7 Å². The number of allylic oxidation sites excluding steroid dienone is 9. The van der Waals surface area contributed by atoms with E-state index in [-0.39, 0.29) is 13.2 Å². The van der Waals surface area contributed by atoms with Crippen molar-refractivity contribution in [1.82, 2.24) is 0 Å². The summed E-state index contributed by atoms with van der Waals surface area (Å²) < 4.78 is 27.0. The number of quaternary nitrogens is 1. The monoisotopic (exact) mass is 544 g/mol. The minimum absolute atomic E-state index is 0.0417. The van der Waals surface area contributed by atoms with E-state index in [2.05, 4.69) is 19.1 Å². The van der Waals surface area contributed by atoms with Crippen LogP contribution in [0.25, 0.3) is 0 Å². The van der Waals surface area contributed by atoms with Crippen molar-refractivity contribution >= 4 is 7.82 Å². The van der Waals surface area contributed by atoms with Gasteiger partial charge >= 0.3 is 7.82 Å². The van der Waals surface area contributed by atoms with E-state index in [1.54, 1.807) is 12.2 Å². The van der Waals surface area contributed by atoms with Gasteiger partial charge in [-0.25, -0.2) is 4.57 Å². The Labute approximate surface area is 224 Å². The van der Waals surface area contributed by atoms with Gasteiger partial charge in [-0.15, -0.1) is 0 Å². The summed E-state index contributed by atoms with van der Waals surface area (Å²) in [6.45, 7) is 2.03. The Balaban J connectivity index is 3.94. The fraction of sp³-hybridized carbons (Fsp3) is 0.643. The summed E-state index contributed by atoms with van der Waals surface area (Å²) in [5.41, 5.74) is 0. The molecule has 0 bridgehead atoms. The third-order valence-electron chi connectivity index (χ3n) is 5.14. The minimum atomic E-state index is -4.26. The SMILES string of the molecule is CCCCCCCCCC/C=C/C=C/C=C/C=C/C=C(\O)OC[C@@H](O)COP(=O)(O)OCC[N+](C)(C)C. The predicted molar refractivity (Wildman–Crippen MR) is 151 cm³/mol. The molecule has 0 aromatic carbocycles. The first kappa shape index (κ1) is 35.3. The molecule has 1 unspecified atom stereocenters. The van der Waals surface area contributed by atoms with Crippen molar-refractivity contribution in [3.05, 3.63) is 60.6 Å². The van der Waals surface area contributed by atoms with Crippen molar-refractivity contribution in [2.24, 2.45) is 0 Å². The van der Waals surface area contributed by atoms with Crippen molar-refractivity contribution in [2.45, 2.75) is 70.8 Å². The molecule has 0 aromatic heterocycles. The molecule has 3 N–H and O–H groups in total. The first-order chi connectivity index (χ1) is 17.6. The summed E-state index contributed by atoms with van der Waals surface area (Å²) in [5.74, 6) is -0.394. The first-order valence-electron chi connectivity index (χ1n) is 13.3. The highest BCUT2D eigenvalue weighted by Crippen LogP contribution is 2.43. The molecule has 0 aliphatic heterocycles. The predicted octanol–water partition coefficient (Wildman–Crippen LogP) is 6.36. The number of aliphatic hydroxyl groups is 2. The molecule has 2 atom stereocenters. The molecule has 9 heteroatoms. The quantitative estimate of drug-likeness (QED) is 0.0452. The Hall–Kier alpha value is -1.67. The lowest BCUT2D eigenvalue weighted by molar-refractivity contribution is -0.870. The van der Waals surface area contributed by atoms with Crippen LogP contribution in [0.5, 0.6) is 0 Å². The van der Waals surface area contributed by atoms with Crippen LogP contribution in [-0.4, -0.2) is 73.2 Å². The van der Waals surface area contributed by atoms with Crippen LogP contribution in [0.15, 0.2) is 60.6 Å². The van der Waals surface area contributed by atoms with Gasteiger partial charge in [0.05, 0.1) is 27.7 Å². The zero-order valence-corrected chi connectivity index (χ0v) is 24.2. The number of nitrogens with zero attached hydrogens (tertiary/aromatic N) is 1. The van der Waals surface area contributed by atoms with Crippen LogP contribution < -0.4 is 0 Å². The molecule has 0 saturated heterocycles. The average Bonchev–Trinajstić information content (AvgIpc) is 2.82. The molecule has 0 radical (unpaired) electrons. The van der Waals surface area contributed by atoms with Gasteiger partial charge in [-0.3, -0.25) is 9.05 Å². The number of hydrogen-bond donors (Lipinski definition) is 3. The van der Waals surface area contributed by atoms with Crippen LogP contribution in [0.4, 0.5) is 0 Å². The van der Waals surface area contributed by atoms with Crippen molar-refractivity contribution in [3.63, 3.8) is 0 Å². The van der Waals surface area contributed by atoms with Crippen LogP contribution in [0.1, 0.15) is 64.7 Å². The lowest BCUT2D eigenvalue weighted by atomic mass is 10.1. The molecule has 214 valence electrons. The summed E-state index contributed by atoms with van der Waals surface area (Å²) in [4.78, 5) is 9.62. The van der Waals surface area contributed by atoms with Crippen LogP contribution in [0, 0.1) is 0 Å². The number of ether oxygens (including phenoxy) is 1. The van der Waals surface area contributed by atoms with Gasteiger partial charge in [0.25, 0.3) is 5.95 Å². The van der Waals surface area contributed by atoms with E-state index in [0.717, 1.165) is 6.42 Å². The lowest BCUT2D eigenvalue weighted by Gasteiger charge is -2.24. The average molecular weight is 545 g/mol. The molecule has 0 aliphatic rings. The molecule has 0 aliphatic carbocycles. The maximum absolute atomic E-state index is 11.8. The molecule has 0 aromatic rings. The smallest absolute Gasteiger partial charge is 0.472 e. The van der Waals surface area contributed by atoms with Crippen LogP contribution >= 0.6 is 7.82 Å². The Kier molecular flexibility index (Phi) is 21.3. The highest BCUT2D eigenvalue weighted by molar-refractivity contribution is 7.47. The van der Waals surface area contributed by atoms with E-state index in [4.69, 9.17) is 13.8 Å². The van der Waals surface area contributed by atoms with Crippen LogP contribution in [0.3, 0.4) is 0 Å². The van der Waals surface area contributed by atoms with Gasteiger partial charge in [0.15, 0.2) is 0 Å². The largest absolute Gasteiger partial charge is 0.481 e. The highest BCUT2D eigenvalue weighted by Gasteiger charge is 2.24. The molecular weight excluding hydrogens is 493 g/mol. The summed E-state index contributed by atoms with van der Waals surface area (Å²) in [5, 5.41) is 19.5. The summed E-state index contributed by atoms with van der Waals surface area (Å²) in [6.07, 6.45) is 27.0. The zero-order chi connectivity index (χ0) is 27.8. The van der Waals surface area contributed by atoms with E-state index in [1.807, 2.05) is 45.4 Å². The second-order valence-electron chi connectivity index (χ2n) is 9.93. The van der Waals surface area contributed by atoms with Gasteiger partial charge in [0, 0.05) is 6.08 Å². The van der Waals surface area contributed by atoms with E-state index >= 15 is 0 Å². The third-order valence-corrected chi connectivity index (χ3v) is 6.12. The number of unbranched alkanes of at least 4 members (excludes halogenated alkanes) is 8. The number of phosphoric ester groups is 1. The van der Waals surface area contributed by atoms with E-state index in [0.29, 0.717) is 11.0 Å². The van der Waals surface area contributed by atoms with Crippen molar-refractivity contribution in [3.8, 4) is 0 Å². The van der Waals surface area contributed by atoms with Gasteiger partial charge in [-0.1, -0.05) is 100 Å². The number of likely N-dealkylation sites (N-methyl/N-ethyl adjacent to an activating group) is 1. The van der Waals surface area contributed by atoms with E-state index in [1.165, 1.54) is 57.4 Å². The topological polar surface area (TPSA) is 105 Å². The summed E-state index contributed by atoms with van der Waals surface area (Å²) in [6, 6.07) is 0. The first-order valence-corrected chi connectivity index (χ1v) is 14.8. The van der Waals surface area contributed by atoms with Crippen molar-refractivity contribution in [1.29, 1.82) is 0 Å². The molecule has 0 saturated carbocycles. The Bertz CT molecular complexity index is 754. The van der Waals surface area contributed by atoms with E-state index < -0.39 is 26.5 Å². The minimum Gasteiger partial charge on any atom is -0.481 e. The standard InChI is InChI=1S/C28H50NO7P/c1-5-6-7-8-9-10-11-12-13-14-15-16-17-18-19-20-21-22-28(31)34-25-27(30)26-36-37(32,33)35-24-23-29(2,3)4/h14-22,27,30H,5-13,23-26H2,1-4H3,(H-,31,32,33)/p+1/b15-14+,17-16+,19-18+,21-20+,28-22+/t27-/m1/s1. The van der Waals surface area contributed by atoms with Crippen molar-refractivity contribution < 1.29 is 37.9 Å². The van der Waals surface area contributed by atoms with Crippen LogP contribution in [-0.2, 0) is 18.3 Å². The van der Waals surface area contributed by atoms with Gasteiger partial charge in [-0.05, 0) is 12.8 Å². The second-order valence-corrected chi connectivity index (χ2v) is 11.4. The number of aliphatic hydroxyl groups excluding tert-OH is 2. The fourth-order valence-corrected chi connectivity index (χ4v) is 3.70. The maximum atomic E-state index is 11.8. The van der Waals surface area contributed by atoms with Crippen molar-refractivity contribution in [2.75, 3.05) is 47.5 Å². The summed E-state index contributed by atoms with van der Waals surface area (Å²) >= 11 is 0. The Morgan fingerprint density at radius 1 is 0.838 bits per heavy atom. The normalized spacial score (nSPS) is 15.9. The fourth-order valence-electron chi connectivity index (χ4n) is 2.95. The molecule has 37 heavy (non-hydrogen) atoms. The molecule has 0 spiro atoms. The molecule has 0 rings (SSSR count). The van der Waals surface area contributed by atoms with Gasteiger partial charge in [0.2, 0.25) is 0 Å².